The van der Waals surface area contributed by atoms with E-state index in [1.807, 2.05) is 29.0 Å². The van der Waals surface area contributed by atoms with Gasteiger partial charge in [0.1, 0.15) is 5.82 Å². The van der Waals surface area contributed by atoms with Gasteiger partial charge in [-0.1, -0.05) is 30.7 Å². The fraction of sp³-hybridized carbons (Fsp3) is 0.308. The molecule has 90 valence electrons. The highest BCUT2D eigenvalue weighted by Crippen LogP contribution is 2.27. The molecule has 0 atom stereocenters. The van der Waals surface area contributed by atoms with E-state index < -0.39 is 0 Å². The minimum atomic E-state index is 0.444. The van der Waals surface area contributed by atoms with E-state index >= 15 is 0 Å². The second-order valence-electron chi connectivity index (χ2n) is 3.84. The summed E-state index contributed by atoms with van der Waals surface area (Å²) in [6.45, 7) is 2.13. The molecule has 0 fully saturated rings. The SMILES string of the molecule is CCCc1nccn1-c1c(Cl)cccc1CCl. The largest absolute Gasteiger partial charge is 0.302 e. The average molecular weight is 269 g/mol. The maximum absolute atomic E-state index is 6.26. The Morgan fingerprint density at radius 1 is 1.35 bits per heavy atom. The number of aromatic nitrogens is 2. The van der Waals surface area contributed by atoms with Crippen molar-refractivity contribution in [3.63, 3.8) is 0 Å². The van der Waals surface area contributed by atoms with Gasteiger partial charge in [0.25, 0.3) is 0 Å². The zero-order valence-electron chi connectivity index (χ0n) is 9.66. The molecule has 0 amide bonds. The lowest BCUT2D eigenvalue weighted by Crippen LogP contribution is -2.03. The number of halogens is 2. The van der Waals surface area contributed by atoms with E-state index in [0.29, 0.717) is 10.9 Å². The number of para-hydroxylation sites is 1. The molecule has 1 aromatic carbocycles. The second-order valence-corrected chi connectivity index (χ2v) is 4.52. The van der Waals surface area contributed by atoms with Crippen LogP contribution >= 0.6 is 23.2 Å². The Kier molecular flexibility index (Phi) is 4.08. The van der Waals surface area contributed by atoms with Crippen LogP contribution < -0.4 is 0 Å². The molecule has 0 saturated carbocycles. The minimum Gasteiger partial charge on any atom is -0.302 e. The number of alkyl halides is 1. The zero-order chi connectivity index (χ0) is 12.3. The third-order valence-corrected chi connectivity index (χ3v) is 3.24. The highest BCUT2D eigenvalue weighted by molar-refractivity contribution is 6.32. The van der Waals surface area contributed by atoms with Gasteiger partial charge < -0.3 is 4.57 Å². The van der Waals surface area contributed by atoms with Gasteiger partial charge >= 0.3 is 0 Å². The molecule has 0 N–H and O–H groups in total. The van der Waals surface area contributed by atoms with Crippen molar-refractivity contribution in [2.24, 2.45) is 0 Å². The summed E-state index contributed by atoms with van der Waals surface area (Å²) in [6, 6.07) is 5.78. The lowest BCUT2D eigenvalue weighted by molar-refractivity contribution is 0.806. The van der Waals surface area contributed by atoms with E-state index in [-0.39, 0.29) is 0 Å². The van der Waals surface area contributed by atoms with Crippen LogP contribution in [0.25, 0.3) is 5.69 Å². The standard InChI is InChI=1S/C13H14Cl2N2/c1-2-4-12-16-7-8-17(12)13-10(9-14)5-3-6-11(13)15/h3,5-8H,2,4,9H2,1H3. The molecule has 0 bridgehead atoms. The van der Waals surface area contributed by atoms with Gasteiger partial charge in [0, 0.05) is 24.7 Å². The Morgan fingerprint density at radius 3 is 2.88 bits per heavy atom. The van der Waals surface area contributed by atoms with E-state index in [0.717, 1.165) is 29.9 Å². The van der Waals surface area contributed by atoms with E-state index in [9.17, 15) is 0 Å². The van der Waals surface area contributed by atoms with Crippen LogP contribution in [0, 0.1) is 0 Å². The highest BCUT2D eigenvalue weighted by atomic mass is 35.5. The lowest BCUT2D eigenvalue weighted by Gasteiger charge is -2.13. The van der Waals surface area contributed by atoms with Crippen LogP contribution in [0.4, 0.5) is 0 Å². The number of aryl methyl sites for hydroxylation is 1. The molecular formula is C13H14Cl2N2. The third-order valence-electron chi connectivity index (χ3n) is 2.65. The van der Waals surface area contributed by atoms with Crippen molar-refractivity contribution in [2.45, 2.75) is 25.6 Å². The summed E-state index contributed by atoms with van der Waals surface area (Å²) >= 11 is 12.2. The fourth-order valence-electron chi connectivity index (χ4n) is 1.88. The Bertz CT molecular complexity index is 506. The molecule has 2 nitrogen and oxygen atoms in total. The average Bonchev–Trinajstić information content (AvgIpc) is 2.77. The van der Waals surface area contributed by atoms with Crippen molar-refractivity contribution in [1.29, 1.82) is 0 Å². The number of hydrogen-bond donors (Lipinski definition) is 0. The smallest absolute Gasteiger partial charge is 0.113 e. The fourth-order valence-corrected chi connectivity index (χ4v) is 2.38. The second kappa shape index (κ2) is 5.56. The van der Waals surface area contributed by atoms with Gasteiger partial charge in [-0.2, -0.15) is 0 Å². The molecule has 1 heterocycles. The maximum Gasteiger partial charge on any atom is 0.113 e. The third kappa shape index (κ3) is 2.48. The summed E-state index contributed by atoms with van der Waals surface area (Å²) in [5.41, 5.74) is 1.97. The number of benzene rings is 1. The van der Waals surface area contributed by atoms with Gasteiger partial charge in [-0.25, -0.2) is 4.98 Å². The zero-order valence-corrected chi connectivity index (χ0v) is 11.2. The quantitative estimate of drug-likeness (QED) is 0.760. The monoisotopic (exact) mass is 268 g/mol. The first-order valence-corrected chi connectivity index (χ1v) is 6.55. The molecule has 0 saturated heterocycles. The summed E-state index contributed by atoms with van der Waals surface area (Å²) in [5.74, 6) is 1.46. The van der Waals surface area contributed by atoms with Crippen LogP contribution in [0.2, 0.25) is 5.02 Å². The van der Waals surface area contributed by atoms with Crippen molar-refractivity contribution in [3.8, 4) is 5.69 Å². The highest BCUT2D eigenvalue weighted by Gasteiger charge is 2.11. The van der Waals surface area contributed by atoms with E-state index in [4.69, 9.17) is 23.2 Å². The molecule has 0 radical (unpaired) electrons. The Balaban J connectivity index is 2.55. The van der Waals surface area contributed by atoms with Gasteiger partial charge in [-0.3, -0.25) is 0 Å². The van der Waals surface area contributed by atoms with Crippen LogP contribution in [0.5, 0.6) is 0 Å². The normalized spacial score (nSPS) is 10.8. The summed E-state index contributed by atoms with van der Waals surface area (Å²) in [7, 11) is 0. The van der Waals surface area contributed by atoms with Crippen LogP contribution in [0.3, 0.4) is 0 Å². The van der Waals surface area contributed by atoms with Crippen LogP contribution in [0.15, 0.2) is 30.6 Å². The molecule has 2 aromatic rings. The van der Waals surface area contributed by atoms with Crippen LogP contribution in [-0.2, 0) is 12.3 Å². The first-order chi connectivity index (χ1) is 8.27. The summed E-state index contributed by atoms with van der Waals surface area (Å²) < 4.78 is 2.03. The molecule has 0 unspecified atom stereocenters. The number of rotatable bonds is 4. The van der Waals surface area contributed by atoms with Crippen molar-refractivity contribution >= 4 is 23.2 Å². The molecule has 0 aliphatic rings. The van der Waals surface area contributed by atoms with Crippen molar-refractivity contribution in [1.82, 2.24) is 9.55 Å². The minimum absolute atomic E-state index is 0.444. The molecule has 17 heavy (non-hydrogen) atoms. The summed E-state index contributed by atoms with van der Waals surface area (Å²) in [4.78, 5) is 4.36. The van der Waals surface area contributed by atoms with Gasteiger partial charge in [0.2, 0.25) is 0 Å². The van der Waals surface area contributed by atoms with E-state index in [1.165, 1.54) is 0 Å². The molecule has 2 rings (SSSR count). The molecule has 1 aromatic heterocycles. The molecular weight excluding hydrogens is 255 g/mol. The van der Waals surface area contributed by atoms with Crippen molar-refractivity contribution in [2.75, 3.05) is 0 Å². The Hall–Kier alpha value is -0.990. The Labute approximate surface area is 111 Å². The lowest BCUT2D eigenvalue weighted by atomic mass is 10.2. The van der Waals surface area contributed by atoms with Crippen LogP contribution in [0.1, 0.15) is 24.7 Å². The van der Waals surface area contributed by atoms with Crippen molar-refractivity contribution < 1.29 is 0 Å². The van der Waals surface area contributed by atoms with Gasteiger partial charge in [0.05, 0.1) is 10.7 Å². The first-order valence-electron chi connectivity index (χ1n) is 5.64. The van der Waals surface area contributed by atoms with Crippen LogP contribution in [-0.4, -0.2) is 9.55 Å². The molecule has 4 heteroatoms. The maximum atomic E-state index is 6.26. The summed E-state index contributed by atoms with van der Waals surface area (Å²) in [5, 5.41) is 0.707. The molecule has 0 spiro atoms. The predicted octanol–water partition coefficient (Wildman–Crippen LogP) is 4.22. The summed E-state index contributed by atoms with van der Waals surface area (Å²) in [6.07, 6.45) is 5.71. The van der Waals surface area contributed by atoms with Gasteiger partial charge in [0.15, 0.2) is 0 Å². The first kappa shape index (κ1) is 12.5. The molecule has 0 aliphatic carbocycles. The van der Waals surface area contributed by atoms with E-state index in [1.54, 1.807) is 6.20 Å². The van der Waals surface area contributed by atoms with E-state index in [2.05, 4.69) is 11.9 Å². The number of hydrogen-bond acceptors (Lipinski definition) is 1. The van der Waals surface area contributed by atoms with Gasteiger partial charge in [-0.15, -0.1) is 11.6 Å². The number of nitrogens with zero attached hydrogens (tertiary/aromatic N) is 2. The Morgan fingerprint density at radius 2 is 2.18 bits per heavy atom. The van der Waals surface area contributed by atoms with Crippen molar-refractivity contribution in [3.05, 3.63) is 47.0 Å². The number of imidazole rings is 1. The predicted molar refractivity (Wildman–Crippen MR) is 72.1 cm³/mol. The topological polar surface area (TPSA) is 17.8 Å². The van der Waals surface area contributed by atoms with Gasteiger partial charge in [-0.05, 0) is 18.1 Å². The molecule has 0 aliphatic heterocycles.